The second-order valence-corrected chi connectivity index (χ2v) is 7.75. The summed E-state index contributed by atoms with van der Waals surface area (Å²) in [5, 5.41) is 19.8. The highest BCUT2D eigenvalue weighted by Crippen LogP contribution is 2.20. The van der Waals surface area contributed by atoms with Gasteiger partial charge in [0.25, 0.3) is 0 Å². The van der Waals surface area contributed by atoms with Gasteiger partial charge in [-0.05, 0) is 35.7 Å². The smallest absolute Gasteiger partial charge is 0.221 e. The summed E-state index contributed by atoms with van der Waals surface area (Å²) in [5.41, 5.74) is 2.58. The molecular weight excluding hydrogens is 378 g/mol. The van der Waals surface area contributed by atoms with Gasteiger partial charge < -0.3 is 5.32 Å². The lowest BCUT2D eigenvalue weighted by atomic mass is 10.2. The van der Waals surface area contributed by atoms with Crippen LogP contribution in [0.15, 0.2) is 64.2 Å². The number of amides is 1. The maximum atomic E-state index is 12.1. The van der Waals surface area contributed by atoms with Crippen LogP contribution in [0, 0.1) is 0 Å². The molecular formula is C19H17N5OS2. The van der Waals surface area contributed by atoms with Crippen molar-refractivity contribution in [2.75, 3.05) is 5.75 Å². The molecule has 1 aromatic carbocycles. The Hall–Kier alpha value is -2.71. The van der Waals surface area contributed by atoms with Crippen molar-refractivity contribution in [1.82, 2.24) is 25.1 Å². The van der Waals surface area contributed by atoms with Gasteiger partial charge in [0.2, 0.25) is 5.91 Å². The molecule has 1 amide bonds. The van der Waals surface area contributed by atoms with Crippen LogP contribution in [0.5, 0.6) is 0 Å². The van der Waals surface area contributed by atoms with Crippen molar-refractivity contribution in [3.05, 3.63) is 65.1 Å². The first kappa shape index (κ1) is 17.7. The number of nitrogens with one attached hydrogen (secondary N) is 1. The van der Waals surface area contributed by atoms with Crippen molar-refractivity contribution in [2.24, 2.45) is 0 Å². The molecule has 0 saturated heterocycles. The molecule has 3 aromatic heterocycles. The van der Waals surface area contributed by atoms with E-state index in [-0.39, 0.29) is 5.91 Å². The summed E-state index contributed by atoms with van der Waals surface area (Å²) in [6.07, 6.45) is 0.448. The Kier molecular flexibility index (Phi) is 5.45. The summed E-state index contributed by atoms with van der Waals surface area (Å²) in [7, 11) is 0. The van der Waals surface area contributed by atoms with E-state index < -0.39 is 0 Å². The second kappa shape index (κ2) is 8.32. The fraction of sp³-hybridized carbons (Fsp3) is 0.158. The number of hydrogen-bond acceptors (Lipinski definition) is 6. The Balaban J connectivity index is 1.35. The van der Waals surface area contributed by atoms with E-state index >= 15 is 0 Å². The van der Waals surface area contributed by atoms with Gasteiger partial charge in [-0.15, -0.1) is 22.0 Å². The van der Waals surface area contributed by atoms with E-state index in [4.69, 9.17) is 0 Å². The maximum absolute atomic E-state index is 12.1. The van der Waals surface area contributed by atoms with Crippen molar-refractivity contribution in [2.45, 2.75) is 17.9 Å². The third-order valence-corrected chi connectivity index (χ3v) is 5.63. The zero-order valence-electron chi connectivity index (χ0n) is 14.4. The van der Waals surface area contributed by atoms with E-state index in [1.54, 1.807) is 27.6 Å². The number of benzene rings is 1. The lowest BCUT2D eigenvalue weighted by Crippen LogP contribution is -2.24. The molecule has 6 nitrogen and oxygen atoms in total. The fourth-order valence-electron chi connectivity index (χ4n) is 2.55. The molecule has 0 unspecified atom stereocenters. The van der Waals surface area contributed by atoms with Gasteiger partial charge in [0.05, 0.1) is 12.2 Å². The van der Waals surface area contributed by atoms with Crippen molar-refractivity contribution in [3.63, 3.8) is 0 Å². The Morgan fingerprint density at radius 1 is 1.11 bits per heavy atom. The van der Waals surface area contributed by atoms with E-state index in [0.717, 1.165) is 17.0 Å². The van der Waals surface area contributed by atoms with Crippen LogP contribution in [0.3, 0.4) is 0 Å². The van der Waals surface area contributed by atoms with Gasteiger partial charge in [0, 0.05) is 28.0 Å². The van der Waals surface area contributed by atoms with Gasteiger partial charge in [-0.1, -0.05) is 18.2 Å². The molecule has 0 aliphatic rings. The lowest BCUT2D eigenvalue weighted by molar-refractivity contribution is -0.120. The number of carbonyl (C=O) groups excluding carboxylic acids is 1. The van der Waals surface area contributed by atoms with Crippen molar-refractivity contribution >= 4 is 34.7 Å². The molecule has 0 fully saturated rings. The second-order valence-electron chi connectivity index (χ2n) is 5.81. The van der Waals surface area contributed by atoms with E-state index in [9.17, 15) is 4.79 Å². The number of rotatable bonds is 7. The molecule has 0 bridgehead atoms. The van der Waals surface area contributed by atoms with Crippen LogP contribution in [-0.4, -0.2) is 31.5 Å². The average molecular weight is 396 g/mol. The van der Waals surface area contributed by atoms with Crippen LogP contribution < -0.4 is 5.32 Å². The first-order valence-corrected chi connectivity index (χ1v) is 10.4. The molecule has 0 spiro atoms. The van der Waals surface area contributed by atoms with Crippen LogP contribution in [0.25, 0.3) is 16.9 Å². The first-order valence-electron chi connectivity index (χ1n) is 8.48. The minimum Gasteiger partial charge on any atom is -0.349 e. The van der Waals surface area contributed by atoms with Gasteiger partial charge in [0.1, 0.15) is 0 Å². The Morgan fingerprint density at radius 2 is 2.00 bits per heavy atom. The highest BCUT2D eigenvalue weighted by Gasteiger charge is 2.10. The third kappa shape index (κ3) is 4.35. The summed E-state index contributed by atoms with van der Waals surface area (Å²) in [6.45, 7) is 0.302. The Morgan fingerprint density at radius 3 is 2.81 bits per heavy atom. The number of carbonyl (C=O) groups is 1. The van der Waals surface area contributed by atoms with Crippen molar-refractivity contribution in [3.8, 4) is 11.3 Å². The lowest BCUT2D eigenvalue weighted by Gasteiger charge is -2.05. The number of hydrogen-bond donors (Lipinski definition) is 1. The molecule has 3 heterocycles. The molecule has 1 N–H and O–H groups in total. The van der Waals surface area contributed by atoms with Crippen LogP contribution in [0.2, 0.25) is 0 Å². The monoisotopic (exact) mass is 395 g/mol. The molecule has 0 aliphatic carbocycles. The van der Waals surface area contributed by atoms with Crippen LogP contribution in [-0.2, 0) is 11.3 Å². The molecule has 0 radical (unpaired) electrons. The van der Waals surface area contributed by atoms with E-state index in [0.29, 0.717) is 24.4 Å². The molecule has 0 atom stereocenters. The molecule has 136 valence electrons. The third-order valence-electron chi connectivity index (χ3n) is 3.93. The van der Waals surface area contributed by atoms with Gasteiger partial charge >= 0.3 is 0 Å². The molecule has 8 heteroatoms. The first-order chi connectivity index (χ1) is 13.3. The van der Waals surface area contributed by atoms with Crippen molar-refractivity contribution in [1.29, 1.82) is 0 Å². The van der Waals surface area contributed by atoms with Crippen LogP contribution >= 0.6 is 23.1 Å². The van der Waals surface area contributed by atoms with Crippen molar-refractivity contribution < 1.29 is 4.79 Å². The summed E-state index contributed by atoms with van der Waals surface area (Å²) < 4.78 is 1.69. The predicted molar refractivity (Wildman–Crippen MR) is 108 cm³/mol. The molecule has 0 saturated carbocycles. The molecule has 4 aromatic rings. The van der Waals surface area contributed by atoms with Gasteiger partial charge in [0.15, 0.2) is 11.5 Å². The summed E-state index contributed by atoms with van der Waals surface area (Å²) in [4.78, 5) is 13.3. The van der Waals surface area contributed by atoms with E-state index in [1.807, 2.05) is 59.3 Å². The number of aromatic nitrogens is 4. The number of thioether (sulfide) groups is 1. The number of fused-ring (bicyclic) bond motifs is 1. The van der Waals surface area contributed by atoms with E-state index in [1.165, 1.54) is 4.90 Å². The molecule has 0 aliphatic heterocycles. The van der Waals surface area contributed by atoms with Crippen LogP contribution in [0.4, 0.5) is 0 Å². The largest absolute Gasteiger partial charge is 0.349 e. The normalized spacial score (nSPS) is 11.0. The van der Waals surface area contributed by atoms with Gasteiger partial charge in [-0.2, -0.15) is 21.0 Å². The average Bonchev–Trinajstić information content (AvgIpc) is 3.37. The quantitative estimate of drug-likeness (QED) is 0.484. The Labute approximate surface area is 164 Å². The zero-order valence-corrected chi connectivity index (χ0v) is 16.0. The van der Waals surface area contributed by atoms with Gasteiger partial charge in [-0.3, -0.25) is 4.79 Å². The summed E-state index contributed by atoms with van der Waals surface area (Å²) in [6, 6.07) is 15.9. The van der Waals surface area contributed by atoms with E-state index in [2.05, 4.69) is 20.6 Å². The molecule has 4 rings (SSSR count). The predicted octanol–water partition coefficient (Wildman–Crippen LogP) is 3.65. The topological polar surface area (TPSA) is 72.2 Å². The van der Waals surface area contributed by atoms with Gasteiger partial charge in [-0.25, -0.2) is 0 Å². The fourth-order valence-corrected chi connectivity index (χ4v) is 4.07. The Bertz CT molecular complexity index is 1030. The highest BCUT2D eigenvalue weighted by atomic mass is 32.2. The summed E-state index contributed by atoms with van der Waals surface area (Å²) >= 11 is 3.30. The number of nitrogens with zero attached hydrogens (tertiary/aromatic N) is 4. The molecule has 27 heavy (non-hydrogen) atoms. The maximum Gasteiger partial charge on any atom is 0.221 e. The number of thiophene rings is 1. The summed E-state index contributed by atoms with van der Waals surface area (Å²) in [5.74, 6) is 1.34. The standard InChI is InChI=1S/C19H17N5OS2/c25-19(9-11-27-15-4-2-1-3-5-15)20-12-18-22-21-17-7-6-16(23-24(17)18)14-8-10-26-13-14/h1-8,10,13H,9,11-12H2,(H,20,25). The minimum atomic E-state index is -0.0100. The zero-order chi connectivity index (χ0) is 18.5. The minimum absolute atomic E-state index is 0.0100. The highest BCUT2D eigenvalue weighted by molar-refractivity contribution is 7.99. The SMILES string of the molecule is O=C(CCSc1ccccc1)NCc1nnc2ccc(-c3ccsc3)nn12. The van der Waals surface area contributed by atoms with Crippen LogP contribution in [0.1, 0.15) is 12.2 Å².